The van der Waals surface area contributed by atoms with Crippen LogP contribution in [0.5, 0.6) is 0 Å². The van der Waals surface area contributed by atoms with Gasteiger partial charge in [-0.2, -0.15) is 4.37 Å². The van der Waals surface area contributed by atoms with Crippen LogP contribution < -0.4 is 21.7 Å². The highest BCUT2D eigenvalue weighted by molar-refractivity contribution is 7.09. The zero-order chi connectivity index (χ0) is 24.2. The van der Waals surface area contributed by atoms with Crippen LogP contribution in [0.15, 0.2) is 54.6 Å². The van der Waals surface area contributed by atoms with E-state index in [1.165, 1.54) is 4.90 Å². The maximum absolute atomic E-state index is 13.9. The van der Waals surface area contributed by atoms with Crippen LogP contribution in [0.25, 0.3) is 0 Å². The summed E-state index contributed by atoms with van der Waals surface area (Å²) in [5, 5.41) is 3.61. The number of carbonyl (C=O) groups excluding carboxylic acids is 3. The van der Waals surface area contributed by atoms with Gasteiger partial charge in [0.25, 0.3) is 11.8 Å². The first-order valence-electron chi connectivity index (χ1n) is 10.9. The summed E-state index contributed by atoms with van der Waals surface area (Å²) in [5.74, 6) is -1.70. The molecule has 0 aliphatic heterocycles. The van der Waals surface area contributed by atoms with Crippen LogP contribution in [-0.4, -0.2) is 28.1 Å². The highest BCUT2D eigenvalue weighted by atomic mass is 35.5. The van der Waals surface area contributed by atoms with Crippen LogP contribution in [0.1, 0.15) is 57.4 Å². The van der Waals surface area contributed by atoms with Crippen LogP contribution in [0.4, 0.5) is 11.4 Å². The third kappa shape index (κ3) is 4.90. The molecule has 5 N–H and O–H groups in total. The fourth-order valence-corrected chi connectivity index (χ4v) is 4.99. The lowest BCUT2D eigenvalue weighted by atomic mass is 10.0. The minimum Gasteiger partial charge on any atom is -0.395 e. The van der Waals surface area contributed by atoms with Crippen molar-refractivity contribution in [3.63, 3.8) is 0 Å². The van der Waals surface area contributed by atoms with Gasteiger partial charge >= 0.3 is 0 Å². The number of anilines is 2. The minimum atomic E-state index is -1.01. The molecule has 1 aliphatic carbocycles. The van der Waals surface area contributed by atoms with E-state index in [9.17, 15) is 14.4 Å². The predicted octanol–water partition coefficient (Wildman–Crippen LogP) is 3.92. The number of benzene rings is 2. The lowest BCUT2D eigenvalue weighted by molar-refractivity contribution is -0.123. The van der Waals surface area contributed by atoms with Crippen LogP contribution in [0.2, 0.25) is 5.02 Å². The van der Waals surface area contributed by atoms with Crippen molar-refractivity contribution in [3.8, 4) is 0 Å². The van der Waals surface area contributed by atoms with Gasteiger partial charge in [-0.25, -0.2) is 0 Å². The van der Waals surface area contributed by atoms with Gasteiger partial charge in [-0.15, -0.1) is 0 Å². The van der Waals surface area contributed by atoms with Gasteiger partial charge < -0.3 is 16.8 Å². The first-order valence-corrected chi connectivity index (χ1v) is 12.0. The molecular formula is C24H24ClN5O3S. The number of nitrogens with two attached hydrogens (primary N) is 2. The number of para-hydroxylation sites is 1. The highest BCUT2D eigenvalue weighted by Gasteiger charge is 2.36. The lowest BCUT2D eigenvalue weighted by Gasteiger charge is -2.32. The average Bonchev–Trinajstić information content (AvgIpc) is 3.48. The summed E-state index contributed by atoms with van der Waals surface area (Å²) in [6.45, 7) is 0. The molecule has 8 nitrogen and oxygen atoms in total. The summed E-state index contributed by atoms with van der Waals surface area (Å²) in [5.41, 5.74) is 12.2. The number of rotatable bonds is 7. The molecule has 1 aliphatic rings. The fraction of sp³-hybridized carbons (Fsp3) is 0.250. The molecular weight excluding hydrogens is 474 g/mol. The molecule has 34 heavy (non-hydrogen) atoms. The molecule has 2 aromatic carbocycles. The van der Waals surface area contributed by atoms with Gasteiger partial charge in [-0.1, -0.05) is 54.8 Å². The molecule has 4 rings (SSSR count). The quantitative estimate of drug-likeness (QED) is 0.455. The molecule has 1 atom stereocenters. The van der Waals surface area contributed by atoms with E-state index in [1.54, 1.807) is 48.5 Å². The molecule has 0 spiro atoms. The SMILES string of the molecule is NC(=O)c1nsc(C(=O)N(c2ccccc2)C(C(=O)NC2CCCC2)c2ccc(Cl)cc2)c1N. The van der Waals surface area contributed by atoms with Crippen LogP contribution in [0.3, 0.4) is 0 Å². The molecule has 1 unspecified atom stereocenters. The predicted molar refractivity (Wildman–Crippen MR) is 133 cm³/mol. The normalized spacial score (nSPS) is 14.5. The van der Waals surface area contributed by atoms with Crippen LogP contribution in [0, 0.1) is 0 Å². The summed E-state index contributed by atoms with van der Waals surface area (Å²) in [6.07, 6.45) is 3.88. The van der Waals surface area contributed by atoms with Crippen molar-refractivity contribution in [2.75, 3.05) is 10.6 Å². The van der Waals surface area contributed by atoms with E-state index in [0.717, 1.165) is 37.2 Å². The van der Waals surface area contributed by atoms with E-state index in [-0.39, 0.29) is 28.2 Å². The summed E-state index contributed by atoms with van der Waals surface area (Å²) in [4.78, 5) is 40.6. The van der Waals surface area contributed by atoms with Gasteiger partial charge in [0.1, 0.15) is 10.9 Å². The Hall–Kier alpha value is -3.43. The monoisotopic (exact) mass is 497 g/mol. The molecule has 1 saturated carbocycles. The van der Waals surface area contributed by atoms with Crippen molar-refractivity contribution in [2.24, 2.45) is 5.73 Å². The van der Waals surface area contributed by atoms with Gasteiger partial charge in [0, 0.05) is 16.8 Å². The Labute approximate surface area is 206 Å². The Balaban J connectivity index is 1.82. The van der Waals surface area contributed by atoms with Crippen LogP contribution >= 0.6 is 23.1 Å². The zero-order valence-electron chi connectivity index (χ0n) is 18.2. The maximum atomic E-state index is 13.9. The van der Waals surface area contributed by atoms with E-state index in [4.69, 9.17) is 23.1 Å². The summed E-state index contributed by atoms with van der Waals surface area (Å²) < 4.78 is 3.96. The first kappa shape index (κ1) is 23.7. The highest BCUT2D eigenvalue weighted by Crippen LogP contribution is 2.34. The van der Waals surface area contributed by atoms with Gasteiger partial charge in [0.05, 0.1) is 5.69 Å². The molecule has 0 radical (unpaired) electrons. The fourth-order valence-electron chi connectivity index (χ4n) is 4.12. The number of hydrogen-bond acceptors (Lipinski definition) is 6. The van der Waals surface area contributed by atoms with Crippen molar-refractivity contribution < 1.29 is 14.4 Å². The Kier molecular flexibility index (Phi) is 7.14. The third-order valence-corrected chi connectivity index (χ3v) is 6.91. The van der Waals surface area contributed by atoms with E-state index in [0.29, 0.717) is 16.3 Å². The van der Waals surface area contributed by atoms with Crippen molar-refractivity contribution in [2.45, 2.75) is 37.8 Å². The number of aromatic nitrogens is 1. The van der Waals surface area contributed by atoms with Gasteiger partial charge in [0.15, 0.2) is 5.69 Å². The number of amides is 3. The van der Waals surface area contributed by atoms with Crippen molar-refractivity contribution in [3.05, 3.63) is 75.8 Å². The Morgan fingerprint density at radius 2 is 1.71 bits per heavy atom. The molecule has 1 aromatic heterocycles. The molecule has 176 valence electrons. The molecule has 1 fully saturated rings. The number of nitrogens with one attached hydrogen (secondary N) is 1. The molecule has 1 heterocycles. The standard InChI is InChI=1S/C24H24ClN5O3S/c25-15-12-10-14(11-13-15)20(23(32)28-16-6-4-5-7-16)30(17-8-2-1-3-9-17)24(33)21-18(26)19(22(27)31)29-34-21/h1-3,8-13,16,20H,4-7,26H2,(H2,27,31)(H,28,32). The molecule has 3 amide bonds. The Bertz CT molecular complexity index is 1190. The number of nitrogens with zero attached hydrogens (tertiary/aromatic N) is 2. The number of nitrogen functional groups attached to an aromatic ring is 1. The maximum Gasteiger partial charge on any atom is 0.273 e. The van der Waals surface area contributed by atoms with E-state index in [2.05, 4.69) is 9.69 Å². The second-order valence-corrected chi connectivity index (χ2v) is 9.30. The number of carbonyl (C=O) groups is 3. The van der Waals surface area contributed by atoms with Crippen LogP contribution in [-0.2, 0) is 4.79 Å². The van der Waals surface area contributed by atoms with Gasteiger partial charge in [-0.3, -0.25) is 19.3 Å². The number of hydrogen-bond donors (Lipinski definition) is 3. The number of halogens is 1. The van der Waals surface area contributed by atoms with Crippen molar-refractivity contribution in [1.29, 1.82) is 0 Å². The smallest absolute Gasteiger partial charge is 0.273 e. The van der Waals surface area contributed by atoms with E-state index >= 15 is 0 Å². The molecule has 10 heteroatoms. The lowest BCUT2D eigenvalue weighted by Crippen LogP contribution is -2.46. The summed E-state index contributed by atoms with van der Waals surface area (Å²) >= 11 is 6.87. The van der Waals surface area contributed by atoms with E-state index in [1.807, 2.05) is 6.07 Å². The minimum absolute atomic E-state index is 0.0327. The Morgan fingerprint density at radius 3 is 2.29 bits per heavy atom. The second kappa shape index (κ2) is 10.2. The third-order valence-electron chi connectivity index (χ3n) is 5.80. The zero-order valence-corrected chi connectivity index (χ0v) is 19.8. The average molecular weight is 498 g/mol. The molecule has 0 saturated heterocycles. The van der Waals surface area contributed by atoms with E-state index < -0.39 is 17.9 Å². The Morgan fingerprint density at radius 1 is 1.06 bits per heavy atom. The molecule has 0 bridgehead atoms. The first-order chi connectivity index (χ1) is 16.4. The van der Waals surface area contributed by atoms with Gasteiger partial charge in [-0.05, 0) is 54.2 Å². The van der Waals surface area contributed by atoms with Crippen molar-refractivity contribution >= 4 is 52.2 Å². The molecule has 3 aromatic rings. The summed E-state index contributed by atoms with van der Waals surface area (Å²) in [7, 11) is 0. The van der Waals surface area contributed by atoms with Crippen molar-refractivity contribution in [1.82, 2.24) is 9.69 Å². The van der Waals surface area contributed by atoms with Gasteiger partial charge in [0.2, 0.25) is 5.91 Å². The second-order valence-electron chi connectivity index (χ2n) is 8.09. The topological polar surface area (TPSA) is 131 Å². The number of primary amides is 1. The summed E-state index contributed by atoms with van der Waals surface area (Å²) in [6, 6.07) is 14.6. The largest absolute Gasteiger partial charge is 0.395 e.